The fourth-order valence-electron chi connectivity index (χ4n) is 3.98. The molecule has 2 aromatic heterocycles. The van der Waals surface area contributed by atoms with Crippen LogP contribution in [0.15, 0.2) is 73.1 Å². The van der Waals surface area contributed by atoms with Gasteiger partial charge in [0.25, 0.3) is 0 Å². The number of pyridine rings is 1. The number of hydrogen-bond donors (Lipinski definition) is 0. The van der Waals surface area contributed by atoms with Crippen molar-refractivity contribution in [2.24, 2.45) is 0 Å². The maximum absolute atomic E-state index is 5.77. The zero-order valence-electron chi connectivity index (χ0n) is 17.6. The first-order valence-corrected chi connectivity index (χ1v) is 10.4. The van der Waals surface area contributed by atoms with Crippen molar-refractivity contribution >= 4 is 5.65 Å². The van der Waals surface area contributed by atoms with Crippen LogP contribution in [-0.2, 0) is 10.2 Å². The maximum atomic E-state index is 5.77. The fraction of sp³-hybridized carbons (Fsp3) is 0.269. The van der Waals surface area contributed by atoms with Gasteiger partial charge in [0.2, 0.25) is 0 Å². The molecule has 4 aromatic rings. The van der Waals surface area contributed by atoms with Crippen molar-refractivity contribution in [2.45, 2.75) is 32.3 Å². The van der Waals surface area contributed by atoms with Gasteiger partial charge in [0.05, 0.1) is 31.2 Å². The zero-order chi connectivity index (χ0) is 20.7. The predicted octanol–water partition coefficient (Wildman–Crippen LogP) is 5.74. The summed E-state index contributed by atoms with van der Waals surface area (Å²) < 4.78 is 13.3. The van der Waals surface area contributed by atoms with Crippen molar-refractivity contribution in [3.8, 4) is 28.1 Å². The normalized spacial score (nSPS) is 15.3. The minimum atomic E-state index is 0.158. The summed E-state index contributed by atoms with van der Waals surface area (Å²) in [7, 11) is 0. The Morgan fingerprint density at radius 1 is 0.900 bits per heavy atom. The van der Waals surface area contributed by atoms with Crippen LogP contribution in [0.1, 0.15) is 26.3 Å². The number of ether oxygens (including phenoxy) is 2. The first kappa shape index (κ1) is 18.9. The number of rotatable bonds is 5. The molecule has 1 aliphatic rings. The van der Waals surface area contributed by atoms with Crippen molar-refractivity contribution in [1.29, 1.82) is 0 Å². The summed E-state index contributed by atoms with van der Waals surface area (Å²) >= 11 is 0. The molecule has 0 aliphatic carbocycles. The predicted molar refractivity (Wildman–Crippen MR) is 120 cm³/mol. The lowest BCUT2D eigenvalue weighted by Gasteiger charge is -2.38. The molecule has 1 aliphatic heterocycles. The molecule has 0 saturated carbocycles. The molecule has 0 spiro atoms. The van der Waals surface area contributed by atoms with Crippen LogP contribution in [0.5, 0.6) is 5.75 Å². The SMILES string of the molecule is CC(C)Oc1ccc(-c2cnc3ccc(-c4ccc(C5(C)COC5)cc4)cn23)cc1. The van der Waals surface area contributed by atoms with E-state index in [0.717, 1.165) is 35.9 Å². The second-order valence-electron chi connectivity index (χ2n) is 8.61. The van der Waals surface area contributed by atoms with E-state index in [1.54, 1.807) is 0 Å². The van der Waals surface area contributed by atoms with Gasteiger partial charge in [-0.05, 0) is 66.9 Å². The van der Waals surface area contributed by atoms with E-state index in [1.165, 1.54) is 16.7 Å². The summed E-state index contributed by atoms with van der Waals surface area (Å²) in [5.74, 6) is 0.883. The number of benzene rings is 2. The first-order valence-electron chi connectivity index (χ1n) is 10.4. The molecule has 3 heterocycles. The third kappa shape index (κ3) is 3.37. The average Bonchev–Trinajstić information content (AvgIpc) is 3.15. The number of nitrogens with zero attached hydrogens (tertiary/aromatic N) is 2. The Morgan fingerprint density at radius 2 is 1.57 bits per heavy atom. The smallest absolute Gasteiger partial charge is 0.137 e. The lowest BCUT2D eigenvalue weighted by molar-refractivity contribution is -0.0500. The molecule has 2 aromatic carbocycles. The number of fused-ring (bicyclic) bond motifs is 1. The molecular weight excluding hydrogens is 372 g/mol. The largest absolute Gasteiger partial charge is 0.491 e. The standard InChI is InChI=1S/C26H26N2O2/c1-18(2)30-23-11-6-20(7-12-23)24-14-27-25-13-8-21(15-28(24)25)19-4-9-22(10-5-19)26(3)16-29-17-26/h4-15,18H,16-17H2,1-3H3. The molecule has 5 rings (SSSR count). The van der Waals surface area contributed by atoms with Crippen LogP contribution in [0.2, 0.25) is 0 Å². The van der Waals surface area contributed by atoms with Gasteiger partial charge in [0.15, 0.2) is 0 Å². The Balaban J connectivity index is 1.47. The van der Waals surface area contributed by atoms with Crippen LogP contribution in [-0.4, -0.2) is 28.7 Å². The van der Waals surface area contributed by atoms with E-state index in [2.05, 4.69) is 71.0 Å². The van der Waals surface area contributed by atoms with Gasteiger partial charge in [0.1, 0.15) is 11.4 Å². The summed E-state index contributed by atoms with van der Waals surface area (Å²) in [6, 6.07) is 21.3. The van der Waals surface area contributed by atoms with Gasteiger partial charge in [-0.15, -0.1) is 0 Å². The Labute approximate surface area is 177 Å². The third-order valence-electron chi connectivity index (χ3n) is 5.78. The fourth-order valence-corrected chi connectivity index (χ4v) is 3.98. The van der Waals surface area contributed by atoms with Crippen molar-refractivity contribution in [2.75, 3.05) is 13.2 Å². The highest BCUT2D eigenvalue weighted by atomic mass is 16.5. The van der Waals surface area contributed by atoms with Crippen molar-refractivity contribution in [3.05, 3.63) is 78.6 Å². The van der Waals surface area contributed by atoms with Crippen LogP contribution in [0.25, 0.3) is 28.0 Å². The van der Waals surface area contributed by atoms with E-state index in [-0.39, 0.29) is 11.5 Å². The van der Waals surface area contributed by atoms with E-state index < -0.39 is 0 Å². The van der Waals surface area contributed by atoms with Gasteiger partial charge in [-0.3, -0.25) is 4.40 Å². The van der Waals surface area contributed by atoms with Crippen LogP contribution >= 0.6 is 0 Å². The molecule has 0 unspecified atom stereocenters. The molecule has 1 fully saturated rings. The topological polar surface area (TPSA) is 35.8 Å². The molecule has 0 atom stereocenters. The summed E-state index contributed by atoms with van der Waals surface area (Å²) in [5, 5.41) is 0. The van der Waals surface area contributed by atoms with Gasteiger partial charge in [-0.1, -0.05) is 31.2 Å². The molecule has 152 valence electrons. The van der Waals surface area contributed by atoms with E-state index in [9.17, 15) is 0 Å². The molecule has 30 heavy (non-hydrogen) atoms. The minimum absolute atomic E-state index is 0.158. The van der Waals surface area contributed by atoms with Crippen molar-refractivity contribution in [3.63, 3.8) is 0 Å². The summed E-state index contributed by atoms with van der Waals surface area (Å²) in [4.78, 5) is 4.58. The third-order valence-corrected chi connectivity index (χ3v) is 5.78. The van der Waals surface area contributed by atoms with Gasteiger partial charge in [-0.2, -0.15) is 0 Å². The average molecular weight is 399 g/mol. The number of aromatic nitrogens is 2. The summed E-state index contributed by atoms with van der Waals surface area (Å²) in [5.41, 5.74) is 6.99. The molecule has 0 bridgehead atoms. The molecule has 4 heteroatoms. The van der Waals surface area contributed by atoms with Crippen LogP contribution in [0, 0.1) is 0 Å². The van der Waals surface area contributed by atoms with E-state index in [4.69, 9.17) is 9.47 Å². The molecule has 0 amide bonds. The molecule has 1 saturated heterocycles. The molecular formula is C26H26N2O2. The van der Waals surface area contributed by atoms with Gasteiger partial charge >= 0.3 is 0 Å². The first-order chi connectivity index (χ1) is 14.5. The van der Waals surface area contributed by atoms with Crippen LogP contribution in [0.3, 0.4) is 0 Å². The van der Waals surface area contributed by atoms with Gasteiger partial charge in [-0.25, -0.2) is 4.98 Å². The monoisotopic (exact) mass is 398 g/mol. The quantitative estimate of drug-likeness (QED) is 0.430. The molecule has 4 nitrogen and oxygen atoms in total. The summed E-state index contributed by atoms with van der Waals surface area (Å²) in [6.07, 6.45) is 4.26. The second kappa shape index (κ2) is 7.29. The lowest BCUT2D eigenvalue weighted by atomic mass is 9.80. The minimum Gasteiger partial charge on any atom is -0.491 e. The van der Waals surface area contributed by atoms with Gasteiger partial charge in [0, 0.05) is 17.2 Å². The lowest BCUT2D eigenvalue weighted by Crippen LogP contribution is -2.43. The zero-order valence-corrected chi connectivity index (χ0v) is 17.6. The maximum Gasteiger partial charge on any atom is 0.137 e. The molecule has 0 radical (unpaired) electrons. The van der Waals surface area contributed by atoms with E-state index >= 15 is 0 Å². The van der Waals surface area contributed by atoms with E-state index in [1.807, 2.05) is 32.2 Å². The Kier molecular flexibility index (Phi) is 4.59. The van der Waals surface area contributed by atoms with Crippen LogP contribution in [0.4, 0.5) is 0 Å². The summed E-state index contributed by atoms with van der Waals surface area (Å²) in [6.45, 7) is 7.93. The Bertz CT molecular complexity index is 1170. The van der Waals surface area contributed by atoms with Crippen molar-refractivity contribution < 1.29 is 9.47 Å². The highest BCUT2D eigenvalue weighted by Gasteiger charge is 2.34. The Morgan fingerprint density at radius 3 is 2.20 bits per heavy atom. The van der Waals surface area contributed by atoms with Gasteiger partial charge < -0.3 is 9.47 Å². The highest BCUT2D eigenvalue weighted by molar-refractivity contribution is 5.69. The number of hydrogen-bond acceptors (Lipinski definition) is 3. The molecule has 0 N–H and O–H groups in total. The van der Waals surface area contributed by atoms with E-state index in [0.29, 0.717) is 0 Å². The highest BCUT2D eigenvalue weighted by Crippen LogP contribution is 2.33. The van der Waals surface area contributed by atoms with Crippen LogP contribution < -0.4 is 4.74 Å². The Hall–Kier alpha value is -3.11. The van der Waals surface area contributed by atoms with Crippen molar-refractivity contribution in [1.82, 2.24) is 9.38 Å². The second-order valence-corrected chi connectivity index (χ2v) is 8.61. The number of imidazole rings is 1.